The van der Waals surface area contributed by atoms with Gasteiger partial charge in [0.05, 0.1) is 47.3 Å². The molecule has 2 atom stereocenters. The first-order valence-corrected chi connectivity index (χ1v) is 16.6. The van der Waals surface area contributed by atoms with E-state index in [0.717, 1.165) is 27.8 Å². The maximum Gasteiger partial charge on any atom is 0.245 e. The Morgan fingerprint density at radius 2 is 1.49 bits per heavy atom. The minimum absolute atomic E-state index is 0.0819. The first kappa shape index (κ1) is 35.4. The molecule has 1 heterocycles. The van der Waals surface area contributed by atoms with Gasteiger partial charge < -0.3 is 39.2 Å². The minimum Gasteiger partial charge on any atom is -0.493 e. The van der Waals surface area contributed by atoms with E-state index in [-0.39, 0.29) is 23.2 Å². The van der Waals surface area contributed by atoms with E-state index in [1.807, 2.05) is 29.2 Å². The first-order chi connectivity index (χ1) is 23.5. The van der Waals surface area contributed by atoms with E-state index in [0.29, 0.717) is 78.8 Å². The Hall–Kier alpha value is -4.93. The number of ether oxygens (including phenoxy) is 5. The van der Waals surface area contributed by atoms with E-state index in [1.165, 1.54) is 6.92 Å². The molecular formula is C38H47N3O8. The molecule has 0 aromatic heterocycles. The molecule has 11 heteroatoms. The van der Waals surface area contributed by atoms with Crippen molar-refractivity contribution in [2.75, 3.05) is 47.4 Å². The van der Waals surface area contributed by atoms with E-state index in [9.17, 15) is 14.4 Å². The van der Waals surface area contributed by atoms with Gasteiger partial charge in [-0.3, -0.25) is 14.4 Å². The summed E-state index contributed by atoms with van der Waals surface area (Å²) in [5.41, 5.74) is 5.19. The normalized spacial score (nSPS) is 15.5. The number of hydrogen-bond donors (Lipinski definition) is 2. The fourth-order valence-electron chi connectivity index (χ4n) is 7.00. The molecule has 0 radical (unpaired) electrons. The van der Waals surface area contributed by atoms with Crippen molar-refractivity contribution in [1.29, 1.82) is 0 Å². The fraction of sp³-hybridized carbons (Fsp3) is 0.447. The second kappa shape index (κ2) is 15.1. The van der Waals surface area contributed by atoms with Crippen molar-refractivity contribution in [3.8, 4) is 39.9 Å². The number of carbonyl (C=O) groups is 2. The molecule has 2 aliphatic rings. The molecule has 2 N–H and O–H groups in total. The number of fused-ring (bicyclic) bond motifs is 4. The van der Waals surface area contributed by atoms with Crippen molar-refractivity contribution < 1.29 is 33.3 Å². The molecule has 0 saturated carbocycles. The van der Waals surface area contributed by atoms with Gasteiger partial charge in [-0.2, -0.15) is 0 Å². The number of nitrogens with zero attached hydrogens (tertiary/aromatic N) is 1. The lowest BCUT2D eigenvalue weighted by Gasteiger charge is -2.33. The van der Waals surface area contributed by atoms with Gasteiger partial charge in [-0.1, -0.05) is 19.9 Å². The molecule has 1 aliphatic heterocycles. The number of hydrogen-bond acceptors (Lipinski definition) is 9. The molecule has 0 bridgehead atoms. The van der Waals surface area contributed by atoms with E-state index >= 15 is 0 Å². The lowest BCUT2D eigenvalue weighted by Crippen LogP contribution is -2.46. The van der Waals surface area contributed by atoms with E-state index in [2.05, 4.69) is 24.5 Å². The molecule has 1 aliphatic carbocycles. The summed E-state index contributed by atoms with van der Waals surface area (Å²) in [5, 5.41) is 6.38. The van der Waals surface area contributed by atoms with E-state index < -0.39 is 12.1 Å². The van der Waals surface area contributed by atoms with Gasteiger partial charge in [-0.05, 0) is 89.8 Å². The molecule has 49 heavy (non-hydrogen) atoms. The van der Waals surface area contributed by atoms with Gasteiger partial charge in [0.25, 0.3) is 0 Å². The summed E-state index contributed by atoms with van der Waals surface area (Å²) in [7, 11) is 7.89. The zero-order valence-corrected chi connectivity index (χ0v) is 29.7. The predicted octanol–water partition coefficient (Wildman–Crippen LogP) is 5.29. The zero-order chi connectivity index (χ0) is 35.4. The Balaban J connectivity index is 1.56. The van der Waals surface area contributed by atoms with Crippen LogP contribution in [0, 0.1) is 5.92 Å². The van der Waals surface area contributed by atoms with Crippen LogP contribution >= 0.6 is 0 Å². The smallest absolute Gasteiger partial charge is 0.245 e. The monoisotopic (exact) mass is 673 g/mol. The summed E-state index contributed by atoms with van der Waals surface area (Å²) in [5.74, 6) is 2.60. The molecule has 0 unspecified atom stereocenters. The number of methoxy groups -OCH3 is 5. The van der Waals surface area contributed by atoms with Crippen LogP contribution in [-0.2, 0) is 29.0 Å². The zero-order valence-electron chi connectivity index (χ0n) is 29.7. The van der Waals surface area contributed by atoms with Crippen molar-refractivity contribution in [1.82, 2.24) is 10.2 Å². The Bertz CT molecular complexity index is 1790. The Morgan fingerprint density at radius 1 is 0.837 bits per heavy atom. The first-order valence-electron chi connectivity index (χ1n) is 16.6. The summed E-state index contributed by atoms with van der Waals surface area (Å²) in [4.78, 5) is 42.4. The largest absolute Gasteiger partial charge is 0.493 e. The molecule has 3 aromatic rings. The highest BCUT2D eigenvalue weighted by atomic mass is 16.5. The number of aryl methyl sites for hydroxylation is 1. The summed E-state index contributed by atoms with van der Waals surface area (Å²) in [6.07, 6.45) is 2.34. The van der Waals surface area contributed by atoms with E-state index in [4.69, 9.17) is 23.7 Å². The third kappa shape index (κ3) is 7.25. The minimum atomic E-state index is -0.645. The van der Waals surface area contributed by atoms with Gasteiger partial charge in [0, 0.05) is 25.6 Å². The highest BCUT2D eigenvalue weighted by Crippen LogP contribution is 2.50. The van der Waals surface area contributed by atoms with Gasteiger partial charge in [0.1, 0.15) is 6.04 Å². The molecule has 262 valence electrons. The number of benzene rings is 2. The number of rotatable bonds is 11. The molecule has 0 saturated heterocycles. The molecule has 0 fully saturated rings. The van der Waals surface area contributed by atoms with Crippen molar-refractivity contribution in [2.45, 2.75) is 65.1 Å². The standard InChI is InChI=1S/C38H47N3O8/c1-21(2)15-30(38(44)41-14-13-23-16-32(45-4)33(46-5)18-25(23)20-41)40-29-12-10-26-27(19-31(29)43)28(39-22(3)42)11-9-24-17-34(47-6)36(48-7)37(49-8)35(24)26/h10,12,16-19,21,28,30H,9,11,13-15,20H2,1-8H3,(H,39,42)(H,40,43)/t28-,30-/m0/s1. The average Bonchev–Trinajstić information content (AvgIpc) is 3.33. The van der Waals surface area contributed by atoms with Crippen LogP contribution in [0.4, 0.5) is 5.69 Å². The van der Waals surface area contributed by atoms with Gasteiger partial charge in [0.15, 0.2) is 23.0 Å². The van der Waals surface area contributed by atoms with Crippen LogP contribution in [0.25, 0.3) is 11.1 Å². The van der Waals surface area contributed by atoms with Gasteiger partial charge >= 0.3 is 0 Å². The summed E-state index contributed by atoms with van der Waals surface area (Å²) in [6, 6.07) is 9.89. The quantitative estimate of drug-likeness (QED) is 0.279. The molecule has 11 nitrogen and oxygen atoms in total. The SMILES string of the molecule is COc1cc2c(cc1OC)CN(C(=O)[C@H](CC(C)C)Nc1ccc3c(cc1=O)[C@@H](NC(C)=O)CCc1cc(OC)c(OC)c(OC)c1-3)CC2. The lowest BCUT2D eigenvalue weighted by atomic mass is 9.95. The highest BCUT2D eigenvalue weighted by Gasteiger charge is 2.32. The van der Waals surface area contributed by atoms with Crippen LogP contribution in [0.5, 0.6) is 28.7 Å². The average molecular weight is 674 g/mol. The van der Waals surface area contributed by atoms with Gasteiger partial charge in [-0.15, -0.1) is 0 Å². The van der Waals surface area contributed by atoms with Crippen molar-refractivity contribution >= 4 is 17.5 Å². The van der Waals surface area contributed by atoms with Crippen LogP contribution in [-0.4, -0.2) is 64.8 Å². The van der Waals surface area contributed by atoms with Crippen molar-refractivity contribution in [3.63, 3.8) is 0 Å². The number of anilines is 1. The van der Waals surface area contributed by atoms with Crippen molar-refractivity contribution in [3.05, 3.63) is 68.9 Å². The molecular weight excluding hydrogens is 626 g/mol. The van der Waals surface area contributed by atoms with Crippen LogP contribution < -0.4 is 39.7 Å². The summed E-state index contributed by atoms with van der Waals surface area (Å²) >= 11 is 0. The molecule has 3 aromatic carbocycles. The van der Waals surface area contributed by atoms with Gasteiger partial charge in [-0.25, -0.2) is 0 Å². The van der Waals surface area contributed by atoms with Gasteiger partial charge in [0.2, 0.25) is 23.0 Å². The number of carbonyl (C=O) groups excluding carboxylic acids is 2. The second-order valence-electron chi connectivity index (χ2n) is 12.9. The topological polar surface area (TPSA) is 125 Å². The lowest BCUT2D eigenvalue weighted by molar-refractivity contribution is -0.133. The Kier molecular flexibility index (Phi) is 10.9. The third-order valence-electron chi connectivity index (χ3n) is 9.28. The maximum atomic E-state index is 14.2. The number of nitrogens with one attached hydrogen (secondary N) is 2. The van der Waals surface area contributed by atoms with E-state index in [1.54, 1.807) is 47.7 Å². The Labute approximate surface area is 287 Å². The van der Waals surface area contributed by atoms with Crippen LogP contribution in [0.3, 0.4) is 0 Å². The Morgan fingerprint density at radius 3 is 2.10 bits per heavy atom. The van der Waals surface area contributed by atoms with Crippen molar-refractivity contribution in [2.24, 2.45) is 5.92 Å². The fourth-order valence-corrected chi connectivity index (χ4v) is 7.00. The predicted molar refractivity (Wildman–Crippen MR) is 188 cm³/mol. The highest BCUT2D eigenvalue weighted by molar-refractivity contribution is 5.86. The van der Waals surface area contributed by atoms with Crippen LogP contribution in [0.15, 0.2) is 41.2 Å². The van der Waals surface area contributed by atoms with Crippen LogP contribution in [0.2, 0.25) is 0 Å². The molecule has 0 spiro atoms. The summed E-state index contributed by atoms with van der Waals surface area (Å²) < 4.78 is 28.2. The van der Waals surface area contributed by atoms with Crippen LogP contribution in [0.1, 0.15) is 61.9 Å². The number of amides is 2. The maximum absolute atomic E-state index is 14.2. The second-order valence-corrected chi connectivity index (χ2v) is 12.9. The summed E-state index contributed by atoms with van der Waals surface area (Å²) in [6.45, 7) is 6.54. The molecule has 2 amide bonds. The molecule has 5 rings (SSSR count). The third-order valence-corrected chi connectivity index (χ3v) is 9.28.